The van der Waals surface area contributed by atoms with Gasteiger partial charge < -0.3 is 9.39 Å². The van der Waals surface area contributed by atoms with E-state index in [4.69, 9.17) is 10.5 Å². The molecular formula is C7H7BF2O6. The average Bonchev–Trinajstić information content (AvgIpc) is 2.30. The minimum absolute atomic E-state index is 0.556. The first-order valence-electron chi connectivity index (χ1n) is 3.93. The molecule has 16 heavy (non-hydrogen) atoms. The molecule has 0 amide bonds. The number of halogens is 2. The Morgan fingerprint density at radius 2 is 1.56 bits per heavy atom. The molecule has 0 saturated heterocycles. The highest BCUT2D eigenvalue weighted by Gasteiger charge is 2.29. The number of hydrogen-bond donors (Lipinski definition) is 2. The molecule has 6 nitrogen and oxygen atoms in total. The summed E-state index contributed by atoms with van der Waals surface area (Å²) in [5.74, 6) is -3.15. The molecule has 0 fully saturated rings. The first kappa shape index (κ1) is 12.7. The Morgan fingerprint density at radius 3 is 2.00 bits per heavy atom. The zero-order valence-electron chi connectivity index (χ0n) is 8.02. The standard InChI is InChI=1S/C7H7BF2O6/c1-13-6-4(9)2-3-5(10)7(6)14-8(15-11)16-12/h2-3,11-12H,1H3. The van der Waals surface area contributed by atoms with E-state index in [0.717, 1.165) is 19.2 Å². The summed E-state index contributed by atoms with van der Waals surface area (Å²) in [5.41, 5.74) is 0. The largest absolute Gasteiger partial charge is 0.770 e. The van der Waals surface area contributed by atoms with Crippen LogP contribution in [-0.2, 0) is 9.61 Å². The van der Waals surface area contributed by atoms with Crippen LogP contribution in [0.25, 0.3) is 0 Å². The number of benzene rings is 1. The van der Waals surface area contributed by atoms with Crippen molar-refractivity contribution >= 4 is 7.32 Å². The Labute approximate surface area is 89.0 Å². The zero-order chi connectivity index (χ0) is 12.1. The zero-order valence-corrected chi connectivity index (χ0v) is 8.02. The second-order valence-electron chi connectivity index (χ2n) is 2.51. The molecule has 88 valence electrons. The number of methoxy groups -OCH3 is 1. The summed E-state index contributed by atoms with van der Waals surface area (Å²) in [6.07, 6.45) is 0. The Morgan fingerprint density at radius 1 is 1.06 bits per heavy atom. The lowest BCUT2D eigenvalue weighted by atomic mass is 10.2. The van der Waals surface area contributed by atoms with Gasteiger partial charge in [-0.15, -0.1) is 0 Å². The van der Waals surface area contributed by atoms with E-state index in [-0.39, 0.29) is 0 Å². The van der Waals surface area contributed by atoms with Gasteiger partial charge in [0.05, 0.1) is 7.11 Å². The highest BCUT2D eigenvalue weighted by molar-refractivity contribution is 6.36. The molecule has 9 heteroatoms. The second kappa shape index (κ2) is 5.61. The monoisotopic (exact) mass is 236 g/mol. The molecule has 0 aliphatic carbocycles. The van der Waals surface area contributed by atoms with Crippen LogP contribution in [0.1, 0.15) is 0 Å². The molecule has 0 aromatic heterocycles. The van der Waals surface area contributed by atoms with Crippen LogP contribution in [0.2, 0.25) is 0 Å². The van der Waals surface area contributed by atoms with Gasteiger partial charge in [-0.25, -0.2) is 18.4 Å². The lowest BCUT2D eigenvalue weighted by molar-refractivity contribution is -0.242. The van der Waals surface area contributed by atoms with Crippen molar-refractivity contribution in [2.24, 2.45) is 0 Å². The summed E-state index contributed by atoms with van der Waals surface area (Å²) in [6, 6.07) is 1.58. The summed E-state index contributed by atoms with van der Waals surface area (Å²) in [6.45, 7) is 0. The summed E-state index contributed by atoms with van der Waals surface area (Å²) in [7, 11) is -0.940. The average molecular weight is 236 g/mol. The first-order chi connectivity index (χ1) is 7.63. The van der Waals surface area contributed by atoms with E-state index < -0.39 is 30.5 Å². The van der Waals surface area contributed by atoms with E-state index in [2.05, 4.69) is 19.0 Å². The fourth-order valence-electron chi connectivity index (χ4n) is 0.973. The predicted octanol–water partition coefficient (Wildman–Crippen LogP) is 1.32. The topological polar surface area (TPSA) is 77.4 Å². The smallest absolute Gasteiger partial charge is 0.504 e. The Bertz CT molecular complexity index is 359. The van der Waals surface area contributed by atoms with Crippen molar-refractivity contribution in [2.75, 3.05) is 7.11 Å². The van der Waals surface area contributed by atoms with Gasteiger partial charge in [-0.1, -0.05) is 0 Å². The lowest BCUT2D eigenvalue weighted by Gasteiger charge is -2.13. The van der Waals surface area contributed by atoms with Crippen LogP contribution in [0.3, 0.4) is 0 Å². The molecule has 1 rings (SSSR count). The molecule has 2 N–H and O–H groups in total. The maximum absolute atomic E-state index is 13.2. The number of rotatable bonds is 5. The molecule has 0 spiro atoms. The summed E-state index contributed by atoms with van der Waals surface area (Å²) < 4.78 is 35.3. The Balaban J connectivity index is 3.05. The van der Waals surface area contributed by atoms with Gasteiger partial charge in [0.1, 0.15) is 0 Å². The summed E-state index contributed by atoms with van der Waals surface area (Å²) in [5, 5.41) is 16.3. The van der Waals surface area contributed by atoms with Crippen LogP contribution in [0.5, 0.6) is 11.5 Å². The molecule has 0 aliphatic heterocycles. The van der Waals surface area contributed by atoms with Crippen LogP contribution >= 0.6 is 0 Å². The van der Waals surface area contributed by atoms with Crippen LogP contribution in [0.4, 0.5) is 8.78 Å². The SMILES string of the molecule is COc1c(F)ccc(F)c1OB(OO)OO. The third-order valence-electron chi connectivity index (χ3n) is 1.61. The summed E-state index contributed by atoms with van der Waals surface area (Å²) in [4.78, 5) is 6.92. The van der Waals surface area contributed by atoms with Crippen molar-refractivity contribution in [1.82, 2.24) is 0 Å². The van der Waals surface area contributed by atoms with Crippen molar-refractivity contribution in [3.63, 3.8) is 0 Å². The van der Waals surface area contributed by atoms with Gasteiger partial charge in [0.25, 0.3) is 0 Å². The van der Waals surface area contributed by atoms with E-state index in [9.17, 15) is 8.78 Å². The van der Waals surface area contributed by atoms with Crippen molar-refractivity contribution in [3.8, 4) is 11.5 Å². The van der Waals surface area contributed by atoms with Crippen molar-refractivity contribution in [1.29, 1.82) is 0 Å². The highest BCUT2D eigenvalue weighted by Crippen LogP contribution is 2.33. The fourth-order valence-corrected chi connectivity index (χ4v) is 0.973. The van der Waals surface area contributed by atoms with Crippen molar-refractivity contribution < 1.29 is 38.3 Å². The van der Waals surface area contributed by atoms with E-state index >= 15 is 0 Å². The maximum Gasteiger partial charge on any atom is 0.770 e. The van der Waals surface area contributed by atoms with E-state index in [1.165, 1.54) is 0 Å². The lowest BCUT2D eigenvalue weighted by Crippen LogP contribution is -2.28. The van der Waals surface area contributed by atoms with Crippen LogP contribution in [-0.4, -0.2) is 24.9 Å². The van der Waals surface area contributed by atoms with Gasteiger partial charge in [0, 0.05) is 0 Å². The van der Waals surface area contributed by atoms with Crippen LogP contribution < -0.4 is 9.39 Å². The van der Waals surface area contributed by atoms with E-state index in [1.54, 1.807) is 0 Å². The molecule has 0 unspecified atom stereocenters. The Hall–Kier alpha value is -1.42. The van der Waals surface area contributed by atoms with Gasteiger partial charge in [-0.05, 0) is 12.1 Å². The van der Waals surface area contributed by atoms with Gasteiger partial charge >= 0.3 is 7.32 Å². The van der Waals surface area contributed by atoms with Crippen LogP contribution in [0.15, 0.2) is 12.1 Å². The van der Waals surface area contributed by atoms with Crippen molar-refractivity contribution in [3.05, 3.63) is 23.8 Å². The molecule has 0 saturated carbocycles. The van der Waals surface area contributed by atoms with Gasteiger partial charge in [0.15, 0.2) is 23.1 Å². The number of hydrogen-bond acceptors (Lipinski definition) is 6. The highest BCUT2D eigenvalue weighted by atomic mass is 19.1. The molecule has 0 aliphatic rings. The maximum atomic E-state index is 13.2. The number of ether oxygens (including phenoxy) is 1. The molecule has 1 aromatic carbocycles. The predicted molar refractivity (Wildman–Crippen MR) is 46.7 cm³/mol. The fraction of sp³-hybridized carbons (Fsp3) is 0.143. The second-order valence-corrected chi connectivity index (χ2v) is 2.51. The van der Waals surface area contributed by atoms with Gasteiger partial charge in [0.2, 0.25) is 0 Å². The minimum atomic E-state index is -2.02. The Kier molecular flexibility index (Phi) is 4.44. The van der Waals surface area contributed by atoms with Crippen LogP contribution in [0, 0.1) is 11.6 Å². The minimum Gasteiger partial charge on any atom is -0.504 e. The third kappa shape index (κ3) is 2.58. The molecule has 1 aromatic rings. The quantitative estimate of drug-likeness (QED) is 0.456. The van der Waals surface area contributed by atoms with Crippen molar-refractivity contribution in [2.45, 2.75) is 0 Å². The van der Waals surface area contributed by atoms with E-state index in [0.29, 0.717) is 0 Å². The molecule has 0 heterocycles. The molecule has 0 radical (unpaired) electrons. The molecular weight excluding hydrogens is 229 g/mol. The molecule has 0 bridgehead atoms. The molecule has 0 atom stereocenters. The normalized spacial score (nSPS) is 10.1. The third-order valence-corrected chi connectivity index (χ3v) is 1.61. The summed E-state index contributed by atoms with van der Waals surface area (Å²) >= 11 is 0. The van der Waals surface area contributed by atoms with E-state index in [1.807, 2.05) is 0 Å². The van der Waals surface area contributed by atoms with Gasteiger partial charge in [-0.2, -0.15) is 0 Å². The van der Waals surface area contributed by atoms with Gasteiger partial charge in [-0.3, -0.25) is 10.5 Å². The first-order valence-corrected chi connectivity index (χ1v) is 3.93.